The summed E-state index contributed by atoms with van der Waals surface area (Å²) in [5, 5.41) is 12.8. The highest BCUT2D eigenvalue weighted by molar-refractivity contribution is 5.58. The Labute approximate surface area is 193 Å². The number of hydrogen-bond acceptors (Lipinski definition) is 7. The smallest absolute Gasteiger partial charge is 0.173 e. The molecule has 5 rings (SSSR count). The lowest BCUT2D eigenvalue weighted by Crippen LogP contribution is -2.48. The van der Waals surface area contributed by atoms with Crippen molar-refractivity contribution in [2.24, 2.45) is 0 Å². The molecule has 1 aliphatic rings. The van der Waals surface area contributed by atoms with Gasteiger partial charge in [0.05, 0.1) is 25.1 Å². The van der Waals surface area contributed by atoms with Gasteiger partial charge in [0.25, 0.3) is 0 Å². The molecule has 2 aromatic carbocycles. The number of anilines is 1. The molecule has 8 nitrogen and oxygen atoms in total. The molecule has 0 aliphatic carbocycles. The Hall–Kier alpha value is -3.65. The van der Waals surface area contributed by atoms with E-state index in [9.17, 15) is 0 Å². The van der Waals surface area contributed by atoms with E-state index in [2.05, 4.69) is 68.6 Å². The Kier molecular flexibility index (Phi) is 6.08. The average Bonchev–Trinajstić information content (AvgIpc) is 3.54. The van der Waals surface area contributed by atoms with Crippen LogP contribution in [0.4, 0.5) is 5.69 Å². The van der Waals surface area contributed by atoms with Crippen LogP contribution in [0.3, 0.4) is 0 Å². The lowest BCUT2D eigenvalue weighted by atomic mass is 10.0. The van der Waals surface area contributed by atoms with Crippen LogP contribution in [0.5, 0.6) is 5.75 Å². The Morgan fingerprint density at radius 1 is 0.970 bits per heavy atom. The van der Waals surface area contributed by atoms with Gasteiger partial charge in [-0.15, -0.1) is 5.10 Å². The van der Waals surface area contributed by atoms with Crippen molar-refractivity contribution in [1.82, 2.24) is 25.1 Å². The fourth-order valence-corrected chi connectivity index (χ4v) is 4.45. The van der Waals surface area contributed by atoms with E-state index < -0.39 is 0 Å². The number of benzene rings is 2. The number of aryl methyl sites for hydroxylation is 1. The summed E-state index contributed by atoms with van der Waals surface area (Å²) in [6.45, 7) is 6.14. The average molecular weight is 445 g/mol. The second-order valence-electron chi connectivity index (χ2n) is 8.28. The molecule has 1 aliphatic heterocycles. The summed E-state index contributed by atoms with van der Waals surface area (Å²) in [7, 11) is 1.72. The molecule has 2 aromatic heterocycles. The molecule has 0 amide bonds. The Balaban J connectivity index is 1.42. The topological polar surface area (TPSA) is 72.5 Å². The highest BCUT2D eigenvalue weighted by Crippen LogP contribution is 2.32. The van der Waals surface area contributed by atoms with Crippen LogP contribution in [-0.4, -0.2) is 58.4 Å². The zero-order valence-corrected chi connectivity index (χ0v) is 19.0. The molecule has 8 heteroatoms. The number of rotatable bonds is 7. The van der Waals surface area contributed by atoms with E-state index in [-0.39, 0.29) is 6.04 Å². The van der Waals surface area contributed by atoms with Crippen LogP contribution in [-0.2, 0) is 6.54 Å². The maximum absolute atomic E-state index is 5.58. The Morgan fingerprint density at radius 3 is 2.48 bits per heavy atom. The van der Waals surface area contributed by atoms with Gasteiger partial charge in [0.15, 0.2) is 5.82 Å². The van der Waals surface area contributed by atoms with Crippen molar-refractivity contribution in [2.45, 2.75) is 19.5 Å². The van der Waals surface area contributed by atoms with Gasteiger partial charge >= 0.3 is 0 Å². The van der Waals surface area contributed by atoms with E-state index in [4.69, 9.17) is 9.15 Å². The van der Waals surface area contributed by atoms with Crippen molar-refractivity contribution >= 4 is 5.69 Å². The number of furan rings is 1. The zero-order chi connectivity index (χ0) is 22.6. The first-order valence-electron chi connectivity index (χ1n) is 11.2. The fraction of sp³-hybridized carbons (Fsp3) is 0.320. The van der Waals surface area contributed by atoms with Gasteiger partial charge in [-0.25, -0.2) is 4.68 Å². The first-order valence-corrected chi connectivity index (χ1v) is 11.2. The number of tetrazole rings is 1. The minimum absolute atomic E-state index is 0.0459. The van der Waals surface area contributed by atoms with Crippen LogP contribution in [0.1, 0.15) is 28.8 Å². The minimum atomic E-state index is -0.0459. The predicted molar refractivity (Wildman–Crippen MR) is 125 cm³/mol. The molecular weight excluding hydrogens is 416 g/mol. The summed E-state index contributed by atoms with van der Waals surface area (Å²) >= 11 is 0. The summed E-state index contributed by atoms with van der Waals surface area (Å²) in [5.74, 6) is 2.55. The van der Waals surface area contributed by atoms with Crippen molar-refractivity contribution in [3.8, 4) is 5.75 Å². The maximum Gasteiger partial charge on any atom is 0.173 e. The van der Waals surface area contributed by atoms with E-state index >= 15 is 0 Å². The minimum Gasteiger partial charge on any atom is -0.495 e. The standard InChI is InChI=1S/C25H28N6O2/c1-19-9-11-20(12-10-19)24(25-26-27-28-31(25)18-21-6-5-17-33-21)30-15-13-29(14-16-30)22-7-3-4-8-23(22)32-2/h3-12,17,24H,13-16,18H2,1-2H3. The van der Waals surface area contributed by atoms with E-state index in [1.807, 2.05) is 28.9 Å². The molecule has 0 radical (unpaired) electrons. The van der Waals surface area contributed by atoms with E-state index in [0.717, 1.165) is 49.2 Å². The van der Waals surface area contributed by atoms with Gasteiger partial charge in [-0.3, -0.25) is 4.90 Å². The Morgan fingerprint density at radius 2 is 1.76 bits per heavy atom. The summed E-state index contributed by atoms with van der Waals surface area (Å²) in [4.78, 5) is 4.84. The quantitative estimate of drug-likeness (QED) is 0.432. The van der Waals surface area contributed by atoms with Crippen molar-refractivity contribution in [3.05, 3.63) is 89.6 Å². The predicted octanol–water partition coefficient (Wildman–Crippen LogP) is 3.54. The van der Waals surface area contributed by atoms with Crippen LogP contribution < -0.4 is 9.64 Å². The number of para-hydroxylation sites is 2. The van der Waals surface area contributed by atoms with E-state index in [1.54, 1.807) is 13.4 Å². The van der Waals surface area contributed by atoms with Crippen LogP contribution in [0.15, 0.2) is 71.3 Å². The van der Waals surface area contributed by atoms with Gasteiger partial charge in [-0.2, -0.15) is 0 Å². The monoisotopic (exact) mass is 444 g/mol. The number of methoxy groups -OCH3 is 1. The third kappa shape index (κ3) is 4.47. The van der Waals surface area contributed by atoms with Crippen molar-refractivity contribution in [2.75, 3.05) is 38.2 Å². The largest absolute Gasteiger partial charge is 0.495 e. The van der Waals surface area contributed by atoms with Crippen molar-refractivity contribution in [3.63, 3.8) is 0 Å². The first-order chi connectivity index (χ1) is 16.2. The van der Waals surface area contributed by atoms with Crippen LogP contribution >= 0.6 is 0 Å². The summed E-state index contributed by atoms with van der Waals surface area (Å²) < 4.78 is 13.0. The maximum atomic E-state index is 5.58. The number of ether oxygens (including phenoxy) is 1. The second kappa shape index (κ2) is 9.46. The fourth-order valence-electron chi connectivity index (χ4n) is 4.45. The van der Waals surface area contributed by atoms with Gasteiger partial charge in [0.1, 0.15) is 18.1 Å². The third-order valence-corrected chi connectivity index (χ3v) is 6.19. The lowest BCUT2D eigenvalue weighted by molar-refractivity contribution is 0.200. The van der Waals surface area contributed by atoms with E-state index in [1.165, 1.54) is 11.1 Å². The molecule has 0 saturated carbocycles. The molecule has 0 bridgehead atoms. The van der Waals surface area contributed by atoms with Crippen LogP contribution in [0, 0.1) is 6.92 Å². The van der Waals surface area contributed by atoms with Gasteiger partial charge in [-0.05, 0) is 47.2 Å². The number of piperazine rings is 1. The number of hydrogen-bond donors (Lipinski definition) is 0. The Bertz CT molecular complexity index is 1160. The zero-order valence-electron chi connectivity index (χ0n) is 19.0. The molecule has 4 aromatic rings. The number of aromatic nitrogens is 4. The van der Waals surface area contributed by atoms with E-state index in [0.29, 0.717) is 6.54 Å². The summed E-state index contributed by atoms with van der Waals surface area (Å²) in [6, 6.07) is 20.6. The number of nitrogens with zero attached hydrogens (tertiary/aromatic N) is 6. The summed E-state index contributed by atoms with van der Waals surface area (Å²) in [5.41, 5.74) is 3.55. The first kappa shape index (κ1) is 21.2. The van der Waals surface area contributed by atoms with Gasteiger partial charge < -0.3 is 14.1 Å². The van der Waals surface area contributed by atoms with Crippen molar-refractivity contribution in [1.29, 1.82) is 0 Å². The van der Waals surface area contributed by atoms with Crippen LogP contribution in [0.2, 0.25) is 0 Å². The normalized spacial score (nSPS) is 15.5. The molecule has 3 heterocycles. The molecule has 0 spiro atoms. The molecule has 1 atom stereocenters. The molecule has 1 fully saturated rings. The molecule has 0 N–H and O–H groups in total. The van der Waals surface area contributed by atoms with Gasteiger partial charge in [0.2, 0.25) is 0 Å². The molecule has 1 saturated heterocycles. The molecule has 1 unspecified atom stereocenters. The molecular formula is C25H28N6O2. The lowest BCUT2D eigenvalue weighted by Gasteiger charge is -2.40. The van der Waals surface area contributed by atoms with Gasteiger partial charge in [0, 0.05) is 26.2 Å². The molecule has 33 heavy (non-hydrogen) atoms. The second-order valence-corrected chi connectivity index (χ2v) is 8.28. The van der Waals surface area contributed by atoms with Crippen molar-refractivity contribution < 1.29 is 9.15 Å². The summed E-state index contributed by atoms with van der Waals surface area (Å²) in [6.07, 6.45) is 1.67. The highest BCUT2D eigenvalue weighted by atomic mass is 16.5. The third-order valence-electron chi connectivity index (χ3n) is 6.19. The molecule has 170 valence electrons. The highest BCUT2D eigenvalue weighted by Gasteiger charge is 2.31. The SMILES string of the molecule is COc1ccccc1N1CCN(C(c2ccc(C)cc2)c2nnnn2Cc2ccco2)CC1. The van der Waals surface area contributed by atoms with Crippen LogP contribution in [0.25, 0.3) is 0 Å². The van der Waals surface area contributed by atoms with Gasteiger partial charge in [-0.1, -0.05) is 42.0 Å².